The van der Waals surface area contributed by atoms with Crippen molar-refractivity contribution in [3.8, 4) is 0 Å². The van der Waals surface area contributed by atoms with Crippen LogP contribution in [0.1, 0.15) is 46.5 Å². The van der Waals surface area contributed by atoms with Gasteiger partial charge < -0.3 is 15.2 Å². The van der Waals surface area contributed by atoms with Gasteiger partial charge in [0.15, 0.2) is 0 Å². The molecule has 4 heteroatoms. The zero-order valence-corrected chi connectivity index (χ0v) is 11.2. The number of rotatable bonds is 6. The van der Waals surface area contributed by atoms with Crippen LogP contribution in [-0.4, -0.2) is 35.9 Å². The molecule has 0 radical (unpaired) electrons. The molecule has 0 aromatic heterocycles. The van der Waals surface area contributed by atoms with E-state index in [4.69, 9.17) is 4.74 Å². The third-order valence-corrected chi connectivity index (χ3v) is 3.66. The molecule has 1 saturated carbocycles. The normalized spacial score (nSPS) is 28.6. The summed E-state index contributed by atoms with van der Waals surface area (Å²) in [6, 6.07) is 0. The van der Waals surface area contributed by atoms with Gasteiger partial charge in [0, 0.05) is 0 Å². The third-order valence-electron chi connectivity index (χ3n) is 3.66. The average molecular weight is 243 g/mol. The molecule has 0 bridgehead atoms. The highest BCUT2D eigenvalue weighted by atomic mass is 16.5. The highest BCUT2D eigenvalue weighted by molar-refractivity contribution is 5.78. The van der Waals surface area contributed by atoms with Crippen LogP contribution in [0.4, 0.5) is 0 Å². The molecule has 1 aliphatic carbocycles. The summed E-state index contributed by atoms with van der Waals surface area (Å²) in [7, 11) is 0. The molecule has 3 atom stereocenters. The van der Waals surface area contributed by atoms with Crippen molar-refractivity contribution in [3.05, 3.63) is 0 Å². The van der Waals surface area contributed by atoms with Gasteiger partial charge in [0.05, 0.1) is 12.7 Å². The molecule has 0 heterocycles. The van der Waals surface area contributed by atoms with E-state index in [1.54, 1.807) is 6.92 Å². The van der Waals surface area contributed by atoms with Gasteiger partial charge in [-0.15, -0.1) is 0 Å². The summed E-state index contributed by atoms with van der Waals surface area (Å²) < 4.78 is 5.83. The summed E-state index contributed by atoms with van der Waals surface area (Å²) in [5.41, 5.74) is -0.966. The lowest BCUT2D eigenvalue weighted by Crippen LogP contribution is -2.54. The van der Waals surface area contributed by atoms with Crippen molar-refractivity contribution in [2.24, 2.45) is 5.92 Å². The van der Waals surface area contributed by atoms with Gasteiger partial charge in [-0.25, -0.2) is 0 Å². The first-order valence-electron chi connectivity index (χ1n) is 6.59. The molecule has 0 spiro atoms. The van der Waals surface area contributed by atoms with Gasteiger partial charge in [0.1, 0.15) is 5.54 Å². The van der Waals surface area contributed by atoms with E-state index in [1.807, 2.05) is 6.92 Å². The SMILES string of the molecule is CCNC(C)(COC1CCCCC1C)C(=O)O. The fraction of sp³-hybridized carbons (Fsp3) is 0.923. The Kier molecular flexibility index (Phi) is 5.40. The second-order valence-corrected chi connectivity index (χ2v) is 5.28. The fourth-order valence-electron chi connectivity index (χ4n) is 2.38. The summed E-state index contributed by atoms with van der Waals surface area (Å²) in [5, 5.41) is 12.2. The molecule has 0 amide bonds. The maximum atomic E-state index is 11.2. The van der Waals surface area contributed by atoms with Crippen LogP contribution >= 0.6 is 0 Å². The van der Waals surface area contributed by atoms with Crippen LogP contribution in [-0.2, 0) is 9.53 Å². The average Bonchev–Trinajstić information content (AvgIpc) is 2.28. The van der Waals surface area contributed by atoms with Crippen molar-refractivity contribution < 1.29 is 14.6 Å². The molecule has 2 N–H and O–H groups in total. The molecule has 4 nitrogen and oxygen atoms in total. The van der Waals surface area contributed by atoms with E-state index < -0.39 is 11.5 Å². The first-order valence-corrected chi connectivity index (χ1v) is 6.59. The Bertz CT molecular complexity index is 257. The number of carboxylic acids is 1. The van der Waals surface area contributed by atoms with Crippen LogP contribution in [0.25, 0.3) is 0 Å². The quantitative estimate of drug-likeness (QED) is 0.749. The molecule has 0 aliphatic heterocycles. The molecule has 17 heavy (non-hydrogen) atoms. The van der Waals surface area contributed by atoms with Gasteiger partial charge in [-0.1, -0.05) is 26.7 Å². The van der Waals surface area contributed by atoms with Gasteiger partial charge >= 0.3 is 5.97 Å². The van der Waals surface area contributed by atoms with E-state index in [9.17, 15) is 9.90 Å². The molecule has 1 aliphatic rings. The zero-order valence-electron chi connectivity index (χ0n) is 11.2. The first kappa shape index (κ1) is 14.5. The lowest BCUT2D eigenvalue weighted by Gasteiger charge is -2.33. The highest BCUT2D eigenvalue weighted by Gasteiger charge is 2.34. The Labute approximate surface area is 104 Å². The largest absolute Gasteiger partial charge is 0.480 e. The van der Waals surface area contributed by atoms with E-state index in [0.29, 0.717) is 12.5 Å². The van der Waals surface area contributed by atoms with E-state index in [2.05, 4.69) is 12.2 Å². The number of ether oxygens (including phenoxy) is 1. The molecule has 0 saturated heterocycles. The van der Waals surface area contributed by atoms with Crippen LogP contribution in [0, 0.1) is 5.92 Å². The molecular formula is C13H25NO3. The minimum Gasteiger partial charge on any atom is -0.480 e. The molecule has 0 aromatic carbocycles. The zero-order chi connectivity index (χ0) is 12.9. The smallest absolute Gasteiger partial charge is 0.326 e. The van der Waals surface area contributed by atoms with Crippen molar-refractivity contribution in [2.75, 3.05) is 13.2 Å². The van der Waals surface area contributed by atoms with Gasteiger partial charge in [-0.05, 0) is 32.2 Å². The van der Waals surface area contributed by atoms with E-state index in [1.165, 1.54) is 19.3 Å². The summed E-state index contributed by atoms with van der Waals surface area (Å²) >= 11 is 0. The standard InChI is InChI=1S/C13H25NO3/c1-4-14-13(3,12(15)16)9-17-11-8-6-5-7-10(11)2/h10-11,14H,4-9H2,1-3H3,(H,15,16). The summed E-state index contributed by atoms with van der Waals surface area (Å²) in [5.74, 6) is -0.300. The summed E-state index contributed by atoms with van der Waals surface area (Å²) in [4.78, 5) is 11.2. The van der Waals surface area contributed by atoms with E-state index >= 15 is 0 Å². The van der Waals surface area contributed by atoms with Crippen molar-refractivity contribution >= 4 is 5.97 Å². The van der Waals surface area contributed by atoms with Crippen molar-refractivity contribution in [1.29, 1.82) is 0 Å². The number of nitrogens with one attached hydrogen (secondary N) is 1. The minimum absolute atomic E-state index is 0.223. The van der Waals surface area contributed by atoms with Crippen LogP contribution in [0.5, 0.6) is 0 Å². The number of aliphatic carboxylic acids is 1. The number of likely N-dealkylation sites (N-methyl/N-ethyl adjacent to an activating group) is 1. The molecule has 3 unspecified atom stereocenters. The molecular weight excluding hydrogens is 218 g/mol. The molecule has 1 fully saturated rings. The van der Waals surface area contributed by atoms with Crippen LogP contribution in [0.15, 0.2) is 0 Å². The molecule has 1 rings (SSSR count). The summed E-state index contributed by atoms with van der Waals surface area (Å²) in [6.07, 6.45) is 4.93. The van der Waals surface area contributed by atoms with E-state index in [0.717, 1.165) is 6.42 Å². The van der Waals surface area contributed by atoms with Gasteiger partial charge in [0.25, 0.3) is 0 Å². The second kappa shape index (κ2) is 6.36. The van der Waals surface area contributed by atoms with Crippen LogP contribution < -0.4 is 5.32 Å². The van der Waals surface area contributed by atoms with Gasteiger partial charge in [-0.2, -0.15) is 0 Å². The Morgan fingerprint density at radius 2 is 2.12 bits per heavy atom. The minimum atomic E-state index is -0.966. The predicted molar refractivity (Wildman–Crippen MR) is 67.1 cm³/mol. The predicted octanol–water partition coefficient (Wildman–Crippen LogP) is 2.03. The van der Waals surface area contributed by atoms with Crippen molar-refractivity contribution in [2.45, 2.75) is 58.1 Å². The Balaban J connectivity index is 2.48. The number of hydrogen-bond acceptors (Lipinski definition) is 3. The fourth-order valence-corrected chi connectivity index (χ4v) is 2.38. The topological polar surface area (TPSA) is 58.6 Å². The van der Waals surface area contributed by atoms with Crippen molar-refractivity contribution in [3.63, 3.8) is 0 Å². The monoisotopic (exact) mass is 243 g/mol. The van der Waals surface area contributed by atoms with Gasteiger partial charge in [0.2, 0.25) is 0 Å². The third kappa shape index (κ3) is 3.96. The van der Waals surface area contributed by atoms with E-state index in [-0.39, 0.29) is 12.7 Å². The first-order chi connectivity index (χ1) is 7.99. The Morgan fingerprint density at radius 1 is 1.47 bits per heavy atom. The van der Waals surface area contributed by atoms with Gasteiger partial charge in [-0.3, -0.25) is 4.79 Å². The van der Waals surface area contributed by atoms with Crippen LogP contribution in [0.2, 0.25) is 0 Å². The Morgan fingerprint density at radius 3 is 2.65 bits per heavy atom. The lowest BCUT2D eigenvalue weighted by molar-refractivity contribution is -0.149. The summed E-state index contributed by atoms with van der Waals surface area (Å²) in [6.45, 7) is 6.66. The number of hydrogen-bond donors (Lipinski definition) is 2. The maximum Gasteiger partial charge on any atom is 0.326 e. The molecule has 100 valence electrons. The highest BCUT2D eigenvalue weighted by Crippen LogP contribution is 2.27. The number of carbonyl (C=O) groups is 1. The maximum absolute atomic E-state index is 11.2. The Hall–Kier alpha value is -0.610. The second-order valence-electron chi connectivity index (χ2n) is 5.28. The molecule has 0 aromatic rings. The number of carboxylic acid groups (broad SMARTS) is 1. The lowest BCUT2D eigenvalue weighted by atomic mass is 9.88. The van der Waals surface area contributed by atoms with Crippen LogP contribution in [0.3, 0.4) is 0 Å². The van der Waals surface area contributed by atoms with Crippen molar-refractivity contribution in [1.82, 2.24) is 5.32 Å².